The van der Waals surface area contributed by atoms with Crippen LogP contribution < -0.4 is 21.1 Å². The fourth-order valence-electron chi connectivity index (χ4n) is 1.46. The molecule has 1 amide bonds. The summed E-state index contributed by atoms with van der Waals surface area (Å²) in [4.78, 5) is 11.9. The van der Waals surface area contributed by atoms with Gasteiger partial charge in [-0.1, -0.05) is 13.8 Å². The lowest BCUT2D eigenvalue weighted by molar-refractivity contribution is -0.121. The van der Waals surface area contributed by atoms with Crippen molar-refractivity contribution < 1.29 is 9.53 Å². The predicted molar refractivity (Wildman–Crippen MR) is 83.2 cm³/mol. The molecule has 0 saturated heterocycles. The van der Waals surface area contributed by atoms with Gasteiger partial charge in [0.25, 0.3) is 0 Å². The summed E-state index contributed by atoms with van der Waals surface area (Å²) in [7, 11) is 0. The quantitative estimate of drug-likeness (QED) is 0.717. The normalized spacial score (nSPS) is 12.6. The molecule has 1 atom stereocenters. The van der Waals surface area contributed by atoms with Crippen molar-refractivity contribution in [2.45, 2.75) is 46.8 Å². The third-order valence-electron chi connectivity index (χ3n) is 2.45. The Morgan fingerprint density at radius 3 is 2.55 bits per heavy atom. The van der Waals surface area contributed by atoms with Crippen LogP contribution in [-0.2, 0) is 4.79 Å². The van der Waals surface area contributed by atoms with E-state index in [1.54, 1.807) is 6.92 Å². The molecule has 0 fully saturated rings. The van der Waals surface area contributed by atoms with Crippen LogP contribution in [0.1, 0.15) is 34.6 Å². The molecule has 0 aliphatic rings. The first kappa shape index (κ1) is 16.6. The Kier molecular flexibility index (Phi) is 6.06. The van der Waals surface area contributed by atoms with E-state index in [0.29, 0.717) is 29.0 Å². The molecule has 0 saturated carbocycles. The third-order valence-corrected chi connectivity index (χ3v) is 3.23. The highest BCUT2D eigenvalue weighted by molar-refractivity contribution is 7.11. The Labute approximate surface area is 124 Å². The van der Waals surface area contributed by atoms with Gasteiger partial charge in [-0.2, -0.15) is 4.37 Å². The zero-order valence-electron chi connectivity index (χ0n) is 12.7. The summed E-state index contributed by atoms with van der Waals surface area (Å²) < 4.78 is 9.68. The van der Waals surface area contributed by atoms with Gasteiger partial charge in [-0.3, -0.25) is 4.79 Å². The topological polar surface area (TPSA) is 89.3 Å². The molecular formula is C13H24N4O2S. The molecule has 1 aromatic rings. The maximum absolute atomic E-state index is 11.9. The predicted octanol–water partition coefficient (Wildman–Crippen LogP) is 2.09. The van der Waals surface area contributed by atoms with Crippen LogP contribution in [0.15, 0.2) is 0 Å². The molecule has 1 heterocycles. The SMILES string of the molecule is CC(C)CNC(=O)C(C)Nc1snc(N)c1OC(C)C. The van der Waals surface area contributed by atoms with Crippen LogP contribution in [0.25, 0.3) is 0 Å². The van der Waals surface area contributed by atoms with Gasteiger partial charge in [0.2, 0.25) is 5.91 Å². The minimum atomic E-state index is -0.372. The van der Waals surface area contributed by atoms with Crippen molar-refractivity contribution in [1.29, 1.82) is 0 Å². The molecule has 1 aromatic heterocycles. The maximum atomic E-state index is 11.9. The lowest BCUT2D eigenvalue weighted by Crippen LogP contribution is -2.39. The van der Waals surface area contributed by atoms with E-state index in [9.17, 15) is 4.79 Å². The highest BCUT2D eigenvalue weighted by Gasteiger charge is 2.19. The molecule has 4 N–H and O–H groups in total. The average molecular weight is 300 g/mol. The van der Waals surface area contributed by atoms with Gasteiger partial charge in [0.05, 0.1) is 6.10 Å². The van der Waals surface area contributed by atoms with Gasteiger partial charge in [-0.15, -0.1) is 0 Å². The van der Waals surface area contributed by atoms with E-state index in [-0.39, 0.29) is 18.1 Å². The molecule has 6 nitrogen and oxygen atoms in total. The van der Waals surface area contributed by atoms with Gasteiger partial charge >= 0.3 is 0 Å². The van der Waals surface area contributed by atoms with Crippen molar-refractivity contribution in [3.63, 3.8) is 0 Å². The van der Waals surface area contributed by atoms with Crippen molar-refractivity contribution in [3.8, 4) is 5.75 Å². The number of nitrogens with one attached hydrogen (secondary N) is 2. The molecule has 0 spiro atoms. The lowest BCUT2D eigenvalue weighted by Gasteiger charge is -2.17. The summed E-state index contributed by atoms with van der Waals surface area (Å²) in [6.07, 6.45) is -0.000626. The van der Waals surface area contributed by atoms with Crippen LogP contribution in [0.5, 0.6) is 5.75 Å². The summed E-state index contributed by atoms with van der Waals surface area (Å²) >= 11 is 1.20. The Morgan fingerprint density at radius 1 is 1.35 bits per heavy atom. The largest absolute Gasteiger partial charge is 0.484 e. The molecule has 0 aliphatic heterocycles. The molecule has 20 heavy (non-hydrogen) atoms. The number of nitrogens with two attached hydrogens (primary N) is 1. The number of nitrogen functional groups attached to an aromatic ring is 1. The maximum Gasteiger partial charge on any atom is 0.242 e. The van der Waals surface area contributed by atoms with Crippen LogP contribution in [-0.4, -0.2) is 29.0 Å². The van der Waals surface area contributed by atoms with E-state index in [0.717, 1.165) is 0 Å². The van der Waals surface area contributed by atoms with E-state index in [2.05, 4.69) is 28.9 Å². The second-order valence-corrected chi connectivity index (χ2v) is 6.17. The van der Waals surface area contributed by atoms with E-state index >= 15 is 0 Å². The second-order valence-electron chi connectivity index (χ2n) is 5.40. The number of carbonyl (C=O) groups is 1. The second kappa shape index (κ2) is 7.33. The molecular weight excluding hydrogens is 276 g/mol. The van der Waals surface area contributed by atoms with Crippen molar-refractivity contribution in [3.05, 3.63) is 0 Å². The van der Waals surface area contributed by atoms with Gasteiger partial charge in [0.15, 0.2) is 16.6 Å². The number of anilines is 2. The smallest absolute Gasteiger partial charge is 0.242 e. The Hall–Kier alpha value is -1.50. The fraction of sp³-hybridized carbons (Fsp3) is 0.692. The van der Waals surface area contributed by atoms with Crippen LogP contribution in [0.4, 0.5) is 10.8 Å². The molecule has 7 heteroatoms. The lowest BCUT2D eigenvalue weighted by atomic mass is 10.2. The molecule has 1 unspecified atom stereocenters. The van der Waals surface area contributed by atoms with Crippen LogP contribution in [0.2, 0.25) is 0 Å². The van der Waals surface area contributed by atoms with Crippen LogP contribution in [0.3, 0.4) is 0 Å². The first-order chi connectivity index (χ1) is 9.31. The fourth-order valence-corrected chi connectivity index (χ4v) is 2.19. The molecule has 0 radical (unpaired) electrons. The average Bonchev–Trinajstić information content (AvgIpc) is 2.67. The monoisotopic (exact) mass is 300 g/mol. The van der Waals surface area contributed by atoms with Gasteiger partial charge in [-0.25, -0.2) is 0 Å². The number of hydrogen-bond donors (Lipinski definition) is 3. The highest BCUT2D eigenvalue weighted by Crippen LogP contribution is 2.36. The minimum absolute atomic E-state index is 0.000626. The number of carbonyl (C=O) groups excluding carboxylic acids is 1. The summed E-state index contributed by atoms with van der Waals surface area (Å²) in [6, 6.07) is -0.372. The summed E-state index contributed by atoms with van der Waals surface area (Å²) in [5.41, 5.74) is 5.77. The van der Waals surface area contributed by atoms with E-state index < -0.39 is 0 Å². The van der Waals surface area contributed by atoms with Crippen LogP contribution >= 0.6 is 11.5 Å². The number of nitrogens with zero attached hydrogens (tertiary/aromatic N) is 1. The van der Waals surface area contributed by atoms with Gasteiger partial charge in [0, 0.05) is 6.54 Å². The number of hydrogen-bond acceptors (Lipinski definition) is 6. The number of amides is 1. The molecule has 0 aromatic carbocycles. The summed E-state index contributed by atoms with van der Waals surface area (Å²) in [5, 5.41) is 6.66. The molecule has 114 valence electrons. The van der Waals surface area contributed by atoms with Gasteiger partial charge in [-0.05, 0) is 38.2 Å². The Bertz CT molecular complexity index is 446. The number of ether oxygens (including phenoxy) is 1. The highest BCUT2D eigenvalue weighted by atomic mass is 32.1. The number of aromatic nitrogens is 1. The first-order valence-corrected chi connectivity index (χ1v) is 7.54. The summed E-state index contributed by atoms with van der Waals surface area (Å²) in [6.45, 7) is 10.4. The van der Waals surface area contributed by atoms with Crippen molar-refractivity contribution >= 4 is 28.3 Å². The third kappa shape index (κ3) is 4.88. The van der Waals surface area contributed by atoms with Crippen LogP contribution in [0, 0.1) is 5.92 Å². The first-order valence-electron chi connectivity index (χ1n) is 6.77. The van der Waals surface area contributed by atoms with E-state index in [4.69, 9.17) is 10.5 Å². The summed E-state index contributed by atoms with van der Waals surface area (Å²) in [5.74, 6) is 1.24. The van der Waals surface area contributed by atoms with Crippen molar-refractivity contribution in [2.75, 3.05) is 17.6 Å². The zero-order chi connectivity index (χ0) is 15.3. The van der Waals surface area contributed by atoms with E-state index in [1.165, 1.54) is 11.5 Å². The van der Waals surface area contributed by atoms with Gasteiger partial charge < -0.3 is 21.1 Å². The zero-order valence-corrected chi connectivity index (χ0v) is 13.5. The Morgan fingerprint density at radius 2 is 2.00 bits per heavy atom. The van der Waals surface area contributed by atoms with E-state index in [1.807, 2.05) is 13.8 Å². The molecule has 0 bridgehead atoms. The standard InChI is InChI=1S/C13H24N4O2S/c1-7(2)6-15-12(18)9(5)16-13-10(19-8(3)4)11(14)17-20-13/h7-9,16H,6H2,1-5H3,(H2,14,17)(H,15,18). The Balaban J connectivity index is 2.66. The molecule has 0 aliphatic carbocycles. The van der Waals surface area contributed by atoms with Crippen molar-refractivity contribution in [2.24, 2.45) is 5.92 Å². The number of rotatable bonds is 7. The van der Waals surface area contributed by atoms with Crippen molar-refractivity contribution in [1.82, 2.24) is 9.69 Å². The van der Waals surface area contributed by atoms with Gasteiger partial charge in [0.1, 0.15) is 6.04 Å². The minimum Gasteiger partial charge on any atom is -0.484 e. The molecule has 1 rings (SSSR count).